The molecule has 6 N–H and O–H groups in total. The summed E-state index contributed by atoms with van der Waals surface area (Å²) in [4.78, 5) is 24.3. The molecule has 220 valence electrons. The Kier molecular flexibility index (Phi) is 9.53. The molecule has 0 aliphatic carbocycles. The van der Waals surface area contributed by atoms with Gasteiger partial charge in [-0.15, -0.1) is 0 Å². The maximum Gasteiger partial charge on any atom is 0.255 e. The molecule has 42 heavy (non-hydrogen) atoms. The lowest BCUT2D eigenvalue weighted by Crippen LogP contribution is -2.19. The molecule has 0 fully saturated rings. The Balaban J connectivity index is 0.000000247. The lowest BCUT2D eigenvalue weighted by atomic mass is 9.79. The van der Waals surface area contributed by atoms with E-state index in [1.165, 1.54) is 18.2 Å². The second-order valence-corrected chi connectivity index (χ2v) is 11.9. The van der Waals surface area contributed by atoms with Gasteiger partial charge in [0.2, 0.25) is 0 Å². The summed E-state index contributed by atoms with van der Waals surface area (Å²) in [7, 11) is 0. The van der Waals surface area contributed by atoms with Crippen molar-refractivity contribution in [1.82, 2.24) is 0 Å². The highest BCUT2D eigenvalue weighted by molar-refractivity contribution is 6.06. The minimum Gasteiger partial charge on any atom is -0.506 e. The molecule has 4 rings (SSSR count). The van der Waals surface area contributed by atoms with Gasteiger partial charge in [-0.05, 0) is 53.3 Å². The van der Waals surface area contributed by atoms with Gasteiger partial charge in [-0.3, -0.25) is 9.59 Å². The molecule has 0 saturated carbocycles. The molecule has 0 spiro atoms. The third-order valence-electron chi connectivity index (χ3n) is 6.46. The number of phenols is 4. The molecule has 8 heteroatoms. The molecular formula is C34H38N2O6. The van der Waals surface area contributed by atoms with Crippen molar-refractivity contribution in [3.8, 4) is 23.0 Å². The molecule has 0 radical (unpaired) electrons. The number of hydrogen-bond donors (Lipinski definition) is 6. The third-order valence-corrected chi connectivity index (χ3v) is 6.46. The van der Waals surface area contributed by atoms with Crippen LogP contribution in [0.5, 0.6) is 23.0 Å². The Morgan fingerprint density at radius 2 is 0.881 bits per heavy atom. The topological polar surface area (TPSA) is 139 Å². The van der Waals surface area contributed by atoms with Crippen LogP contribution in [0.15, 0.2) is 84.9 Å². The smallest absolute Gasteiger partial charge is 0.255 e. The molecule has 0 unspecified atom stereocenters. The van der Waals surface area contributed by atoms with E-state index in [-0.39, 0.29) is 57.0 Å². The van der Waals surface area contributed by atoms with Crippen molar-refractivity contribution >= 4 is 23.2 Å². The van der Waals surface area contributed by atoms with Gasteiger partial charge in [0, 0.05) is 22.3 Å². The molecular weight excluding hydrogens is 532 g/mol. The molecule has 0 atom stereocenters. The summed E-state index contributed by atoms with van der Waals surface area (Å²) >= 11 is 0. The summed E-state index contributed by atoms with van der Waals surface area (Å²) in [5.41, 5.74) is 1.66. The van der Waals surface area contributed by atoms with Gasteiger partial charge in [-0.2, -0.15) is 0 Å². The standard InChI is InChI=1S/C21H27NO3.C13H11NO3/c1-20(2,3)14-12-15(21(4,5)6)18(24)16(17(14)23)22-19(25)13-10-8-7-9-11-13;15-10-7-4-8-11(16)12(10)14-13(17)9-5-2-1-3-6-9/h7-12,23-24H,1-6H3,(H,22,25);1-8,15-16H,(H,14,17). The number of para-hydroxylation sites is 1. The summed E-state index contributed by atoms with van der Waals surface area (Å²) in [5, 5.41) is 45.6. The van der Waals surface area contributed by atoms with Gasteiger partial charge in [0.15, 0.2) is 0 Å². The van der Waals surface area contributed by atoms with Gasteiger partial charge in [0.05, 0.1) is 0 Å². The second-order valence-electron chi connectivity index (χ2n) is 11.9. The fourth-order valence-corrected chi connectivity index (χ4v) is 4.13. The SMILES string of the molecule is CC(C)(C)c1cc(C(C)(C)C)c(O)c(NC(=O)c2ccccc2)c1O.O=C(Nc1c(O)cccc1O)c1ccccc1. The molecule has 0 bridgehead atoms. The van der Waals surface area contributed by atoms with Gasteiger partial charge in [0.25, 0.3) is 11.8 Å². The highest BCUT2D eigenvalue weighted by Crippen LogP contribution is 2.47. The predicted molar refractivity (Wildman–Crippen MR) is 166 cm³/mol. The zero-order valence-electron chi connectivity index (χ0n) is 24.7. The Labute approximate surface area is 246 Å². The maximum absolute atomic E-state index is 12.5. The number of carbonyl (C=O) groups excluding carboxylic acids is 2. The van der Waals surface area contributed by atoms with E-state index in [0.29, 0.717) is 22.3 Å². The number of rotatable bonds is 4. The Hall–Kier alpha value is -4.98. The van der Waals surface area contributed by atoms with Crippen molar-refractivity contribution in [1.29, 1.82) is 0 Å². The summed E-state index contributed by atoms with van der Waals surface area (Å²) in [6.07, 6.45) is 0. The minimum atomic E-state index is -0.387. The van der Waals surface area contributed by atoms with Crippen molar-refractivity contribution in [2.75, 3.05) is 10.6 Å². The Bertz CT molecular complexity index is 1490. The van der Waals surface area contributed by atoms with E-state index >= 15 is 0 Å². The number of nitrogens with one attached hydrogen (secondary N) is 2. The van der Waals surface area contributed by atoms with E-state index in [0.717, 1.165) is 0 Å². The van der Waals surface area contributed by atoms with Crippen molar-refractivity contribution in [3.63, 3.8) is 0 Å². The molecule has 8 nitrogen and oxygen atoms in total. The monoisotopic (exact) mass is 570 g/mol. The highest BCUT2D eigenvalue weighted by Gasteiger charge is 2.30. The van der Waals surface area contributed by atoms with Gasteiger partial charge in [0.1, 0.15) is 34.4 Å². The van der Waals surface area contributed by atoms with Crippen molar-refractivity contribution in [2.45, 2.75) is 52.4 Å². The summed E-state index contributed by atoms with van der Waals surface area (Å²) < 4.78 is 0. The number of anilines is 2. The van der Waals surface area contributed by atoms with E-state index in [9.17, 15) is 30.0 Å². The molecule has 0 saturated heterocycles. The fourth-order valence-electron chi connectivity index (χ4n) is 4.13. The van der Waals surface area contributed by atoms with Crippen molar-refractivity contribution < 1.29 is 30.0 Å². The first-order chi connectivity index (χ1) is 19.6. The first kappa shape index (κ1) is 31.5. The third kappa shape index (κ3) is 7.60. The van der Waals surface area contributed by atoms with Crippen LogP contribution in [-0.4, -0.2) is 32.2 Å². The summed E-state index contributed by atoms with van der Waals surface area (Å²) in [6.45, 7) is 11.9. The predicted octanol–water partition coefficient (Wildman–Crippen LogP) is 7.30. The number of benzene rings is 4. The molecule has 2 amide bonds. The van der Waals surface area contributed by atoms with E-state index in [1.54, 1.807) is 54.6 Å². The van der Waals surface area contributed by atoms with Crippen LogP contribution in [0, 0.1) is 0 Å². The number of carbonyl (C=O) groups is 2. The number of hydrogen-bond acceptors (Lipinski definition) is 6. The zero-order valence-corrected chi connectivity index (χ0v) is 24.7. The second kappa shape index (κ2) is 12.7. The maximum atomic E-state index is 12.5. The molecule has 4 aromatic rings. The number of aromatic hydroxyl groups is 4. The first-order valence-corrected chi connectivity index (χ1v) is 13.4. The van der Waals surface area contributed by atoms with Gasteiger partial charge in [-0.25, -0.2) is 0 Å². The zero-order chi connectivity index (χ0) is 31.2. The molecule has 0 aromatic heterocycles. The van der Waals surface area contributed by atoms with Gasteiger partial charge < -0.3 is 31.1 Å². The van der Waals surface area contributed by atoms with Crippen molar-refractivity contribution in [3.05, 3.63) is 107 Å². The highest BCUT2D eigenvalue weighted by atomic mass is 16.3. The average molecular weight is 571 g/mol. The van der Waals surface area contributed by atoms with Crippen LogP contribution in [-0.2, 0) is 10.8 Å². The van der Waals surface area contributed by atoms with Gasteiger partial charge >= 0.3 is 0 Å². The lowest BCUT2D eigenvalue weighted by molar-refractivity contribution is 0.101. The molecule has 0 heterocycles. The van der Waals surface area contributed by atoms with Crippen LogP contribution < -0.4 is 10.6 Å². The lowest BCUT2D eigenvalue weighted by Gasteiger charge is -2.28. The van der Waals surface area contributed by atoms with Crippen LogP contribution in [0.2, 0.25) is 0 Å². The van der Waals surface area contributed by atoms with E-state index in [1.807, 2.05) is 53.7 Å². The largest absolute Gasteiger partial charge is 0.506 e. The van der Waals surface area contributed by atoms with Crippen LogP contribution in [0.1, 0.15) is 73.4 Å². The fraction of sp³-hybridized carbons (Fsp3) is 0.235. The quantitative estimate of drug-likeness (QED) is 0.142. The molecule has 4 aromatic carbocycles. The molecule has 0 aliphatic rings. The minimum absolute atomic E-state index is 0.0151. The van der Waals surface area contributed by atoms with Gasteiger partial charge in [-0.1, -0.05) is 84.0 Å². The van der Waals surface area contributed by atoms with E-state index < -0.39 is 0 Å². The van der Waals surface area contributed by atoms with Crippen LogP contribution in [0.25, 0.3) is 0 Å². The van der Waals surface area contributed by atoms with Crippen molar-refractivity contribution in [2.24, 2.45) is 0 Å². The summed E-state index contributed by atoms with van der Waals surface area (Å²) in [5.74, 6) is -1.30. The van der Waals surface area contributed by atoms with Crippen LogP contribution in [0.3, 0.4) is 0 Å². The van der Waals surface area contributed by atoms with E-state index in [2.05, 4.69) is 10.6 Å². The van der Waals surface area contributed by atoms with Crippen LogP contribution >= 0.6 is 0 Å². The Morgan fingerprint density at radius 1 is 0.524 bits per heavy atom. The van der Waals surface area contributed by atoms with E-state index in [4.69, 9.17) is 0 Å². The summed E-state index contributed by atoms with van der Waals surface area (Å²) in [6, 6.07) is 23.4. The number of phenolic OH excluding ortho intramolecular Hbond substituents is 4. The first-order valence-electron chi connectivity index (χ1n) is 13.4. The average Bonchev–Trinajstić information content (AvgIpc) is 2.93. The Morgan fingerprint density at radius 3 is 1.24 bits per heavy atom. The number of amides is 2. The molecule has 0 aliphatic heterocycles. The van der Waals surface area contributed by atoms with Crippen LogP contribution in [0.4, 0.5) is 11.4 Å². The normalized spacial score (nSPS) is 11.2.